The summed E-state index contributed by atoms with van der Waals surface area (Å²) in [5.41, 5.74) is 2.25. The van der Waals surface area contributed by atoms with Crippen LogP contribution in [0.5, 0.6) is 0 Å². The number of amides is 2. The van der Waals surface area contributed by atoms with Crippen molar-refractivity contribution in [2.45, 2.75) is 31.7 Å². The number of piperidine rings is 1. The minimum Gasteiger partial charge on any atom is -0.339 e. The Morgan fingerprint density at radius 3 is 2.17 bits per heavy atom. The van der Waals surface area contributed by atoms with E-state index in [9.17, 15) is 9.59 Å². The zero-order valence-corrected chi connectivity index (χ0v) is 16.7. The summed E-state index contributed by atoms with van der Waals surface area (Å²) in [5.74, 6) is 0.327. The number of carbonyl (C=O) groups is 2. The lowest BCUT2D eigenvalue weighted by atomic mass is 9.94. The summed E-state index contributed by atoms with van der Waals surface area (Å²) in [6.07, 6.45) is 7.10. The van der Waals surface area contributed by atoms with Crippen LogP contribution in [0.15, 0.2) is 66.7 Å². The molecule has 0 bridgehead atoms. The van der Waals surface area contributed by atoms with Gasteiger partial charge in [-0.15, -0.1) is 0 Å². The van der Waals surface area contributed by atoms with Gasteiger partial charge in [0.2, 0.25) is 11.8 Å². The predicted octanol–water partition coefficient (Wildman–Crippen LogP) is 4.30. The molecule has 4 nitrogen and oxygen atoms in total. The van der Waals surface area contributed by atoms with Gasteiger partial charge in [0.15, 0.2) is 0 Å². The Morgan fingerprint density at radius 1 is 0.828 bits per heavy atom. The van der Waals surface area contributed by atoms with Crippen LogP contribution in [0, 0.1) is 5.92 Å². The van der Waals surface area contributed by atoms with Crippen molar-refractivity contribution >= 4 is 17.9 Å². The van der Waals surface area contributed by atoms with E-state index in [2.05, 4.69) is 17.0 Å². The van der Waals surface area contributed by atoms with Gasteiger partial charge in [-0.25, -0.2) is 0 Å². The Morgan fingerprint density at radius 2 is 1.48 bits per heavy atom. The normalized spacial score (nSPS) is 20.3. The molecule has 2 fully saturated rings. The van der Waals surface area contributed by atoms with Crippen molar-refractivity contribution in [1.82, 2.24) is 9.80 Å². The van der Waals surface area contributed by atoms with Crippen LogP contribution in [0.25, 0.3) is 6.08 Å². The average molecular weight is 389 g/mol. The zero-order valence-electron chi connectivity index (χ0n) is 16.7. The molecule has 1 atom stereocenters. The molecule has 29 heavy (non-hydrogen) atoms. The first-order valence-corrected chi connectivity index (χ1v) is 10.6. The number of rotatable bonds is 4. The number of hydrogen-bond acceptors (Lipinski definition) is 2. The van der Waals surface area contributed by atoms with Gasteiger partial charge in [-0.2, -0.15) is 0 Å². The lowest BCUT2D eigenvalue weighted by Crippen LogP contribution is -2.43. The maximum atomic E-state index is 13.2. The standard InChI is InChI=1S/C25H28N2O2/c28-24(14-13-20-8-3-1-4-9-20)26-18-15-22(16-19-26)25(29)27-17-7-12-23(27)21-10-5-2-6-11-21/h1-6,8-11,13-14,22-23H,7,12,15-19H2. The van der Waals surface area contributed by atoms with Crippen LogP contribution in [0.4, 0.5) is 0 Å². The molecule has 2 amide bonds. The molecule has 4 rings (SSSR count). The van der Waals surface area contributed by atoms with Crippen LogP contribution in [0.2, 0.25) is 0 Å². The van der Waals surface area contributed by atoms with Crippen LogP contribution in [0.1, 0.15) is 42.9 Å². The highest BCUT2D eigenvalue weighted by Gasteiger charge is 2.35. The van der Waals surface area contributed by atoms with Gasteiger partial charge in [-0.3, -0.25) is 9.59 Å². The average Bonchev–Trinajstić information content (AvgIpc) is 3.28. The van der Waals surface area contributed by atoms with Crippen molar-refractivity contribution < 1.29 is 9.59 Å². The van der Waals surface area contributed by atoms with Crippen LogP contribution < -0.4 is 0 Å². The van der Waals surface area contributed by atoms with Gasteiger partial charge in [-0.1, -0.05) is 60.7 Å². The molecule has 0 N–H and O–H groups in total. The van der Waals surface area contributed by atoms with Gasteiger partial charge < -0.3 is 9.80 Å². The van der Waals surface area contributed by atoms with E-state index in [0.29, 0.717) is 13.1 Å². The van der Waals surface area contributed by atoms with Gasteiger partial charge >= 0.3 is 0 Å². The summed E-state index contributed by atoms with van der Waals surface area (Å²) in [7, 11) is 0. The second kappa shape index (κ2) is 9.08. The van der Waals surface area contributed by atoms with E-state index in [-0.39, 0.29) is 23.8 Å². The summed E-state index contributed by atoms with van der Waals surface area (Å²) in [6, 6.07) is 20.4. The Hall–Kier alpha value is -2.88. The number of nitrogens with zero attached hydrogens (tertiary/aromatic N) is 2. The smallest absolute Gasteiger partial charge is 0.246 e. The van der Waals surface area contributed by atoms with E-state index in [1.54, 1.807) is 6.08 Å². The maximum Gasteiger partial charge on any atom is 0.246 e. The Bertz CT molecular complexity index is 855. The monoisotopic (exact) mass is 388 g/mol. The third kappa shape index (κ3) is 4.58. The fourth-order valence-electron chi connectivity index (χ4n) is 4.47. The first-order valence-electron chi connectivity index (χ1n) is 10.6. The molecule has 2 aromatic rings. The largest absolute Gasteiger partial charge is 0.339 e. The van der Waals surface area contributed by atoms with E-state index in [4.69, 9.17) is 0 Å². The van der Waals surface area contributed by atoms with Crippen LogP contribution in [-0.2, 0) is 9.59 Å². The molecule has 0 spiro atoms. The molecule has 4 heteroatoms. The van der Waals surface area contributed by atoms with Crippen molar-refractivity contribution in [2.24, 2.45) is 5.92 Å². The van der Waals surface area contributed by atoms with Gasteiger partial charge in [0.05, 0.1) is 6.04 Å². The molecule has 0 saturated carbocycles. The Labute approximate surface area is 172 Å². The third-order valence-electron chi connectivity index (χ3n) is 6.09. The maximum absolute atomic E-state index is 13.2. The summed E-state index contributed by atoms with van der Waals surface area (Å²) >= 11 is 0. The molecule has 0 radical (unpaired) electrons. The molecule has 2 aliphatic rings. The highest BCUT2D eigenvalue weighted by atomic mass is 16.2. The Balaban J connectivity index is 1.32. The first-order chi connectivity index (χ1) is 14.2. The fourth-order valence-corrected chi connectivity index (χ4v) is 4.47. The molecule has 2 aliphatic heterocycles. The summed E-state index contributed by atoms with van der Waals surface area (Å²) in [5, 5.41) is 0. The first kappa shape index (κ1) is 19.4. The molecule has 2 saturated heterocycles. The Kier molecular flexibility index (Phi) is 6.09. The van der Waals surface area contributed by atoms with Gasteiger partial charge in [-0.05, 0) is 42.9 Å². The second-order valence-corrected chi connectivity index (χ2v) is 7.94. The van der Waals surface area contributed by atoms with Crippen LogP contribution in [-0.4, -0.2) is 41.2 Å². The quantitative estimate of drug-likeness (QED) is 0.733. The summed E-state index contributed by atoms with van der Waals surface area (Å²) < 4.78 is 0. The highest BCUT2D eigenvalue weighted by molar-refractivity contribution is 5.92. The van der Waals surface area contributed by atoms with Crippen LogP contribution >= 0.6 is 0 Å². The van der Waals surface area contributed by atoms with Gasteiger partial charge in [0.1, 0.15) is 0 Å². The van der Waals surface area contributed by atoms with E-state index in [1.807, 2.05) is 59.5 Å². The van der Waals surface area contributed by atoms with Crippen molar-refractivity contribution in [3.8, 4) is 0 Å². The number of carbonyl (C=O) groups excluding carboxylic acids is 2. The topological polar surface area (TPSA) is 40.6 Å². The fraction of sp³-hybridized carbons (Fsp3) is 0.360. The molecule has 0 aromatic heterocycles. The molecular formula is C25H28N2O2. The number of likely N-dealkylation sites (tertiary alicyclic amines) is 2. The number of hydrogen-bond donors (Lipinski definition) is 0. The second-order valence-electron chi connectivity index (χ2n) is 7.94. The van der Waals surface area contributed by atoms with E-state index >= 15 is 0 Å². The van der Waals surface area contributed by atoms with Crippen molar-refractivity contribution in [3.63, 3.8) is 0 Å². The zero-order chi connectivity index (χ0) is 20.1. The van der Waals surface area contributed by atoms with E-state index < -0.39 is 0 Å². The van der Waals surface area contributed by atoms with Gasteiger partial charge in [0, 0.05) is 31.6 Å². The van der Waals surface area contributed by atoms with Crippen molar-refractivity contribution in [1.29, 1.82) is 0 Å². The minimum atomic E-state index is 0.0291. The highest BCUT2D eigenvalue weighted by Crippen LogP contribution is 2.34. The lowest BCUT2D eigenvalue weighted by Gasteiger charge is -2.34. The molecule has 150 valence electrons. The SMILES string of the molecule is O=C(C=Cc1ccccc1)N1CCC(C(=O)N2CCCC2c2ccccc2)CC1. The third-order valence-corrected chi connectivity index (χ3v) is 6.09. The van der Waals surface area contributed by atoms with E-state index in [1.165, 1.54) is 5.56 Å². The molecular weight excluding hydrogens is 360 g/mol. The molecule has 2 heterocycles. The summed E-state index contributed by atoms with van der Waals surface area (Å²) in [6.45, 7) is 2.15. The molecule has 1 unspecified atom stereocenters. The minimum absolute atomic E-state index is 0.0291. The predicted molar refractivity (Wildman–Crippen MR) is 115 cm³/mol. The van der Waals surface area contributed by atoms with Gasteiger partial charge in [0.25, 0.3) is 0 Å². The van der Waals surface area contributed by atoms with Crippen LogP contribution in [0.3, 0.4) is 0 Å². The summed E-state index contributed by atoms with van der Waals surface area (Å²) in [4.78, 5) is 29.6. The molecule has 0 aliphatic carbocycles. The van der Waals surface area contributed by atoms with E-state index in [0.717, 1.165) is 37.8 Å². The lowest BCUT2D eigenvalue weighted by molar-refractivity contribution is -0.140. The number of benzene rings is 2. The van der Waals surface area contributed by atoms with Crippen molar-refractivity contribution in [2.75, 3.05) is 19.6 Å². The molecule has 2 aromatic carbocycles. The van der Waals surface area contributed by atoms with Crippen molar-refractivity contribution in [3.05, 3.63) is 77.9 Å².